The first-order valence-corrected chi connectivity index (χ1v) is 7.16. The monoisotopic (exact) mass is 329 g/mol. The largest absolute Gasteiger partial charge is 0.481 e. The van der Waals surface area contributed by atoms with Crippen molar-refractivity contribution >= 4 is 27.6 Å². The summed E-state index contributed by atoms with van der Waals surface area (Å²) in [5.74, 6) is -0.720. The second-order valence-electron chi connectivity index (χ2n) is 4.33. The van der Waals surface area contributed by atoms with Crippen LogP contribution in [0.5, 0.6) is 0 Å². The van der Waals surface area contributed by atoms with Crippen LogP contribution in [0, 0.1) is 0 Å². The fourth-order valence-electron chi connectivity index (χ4n) is 1.82. The summed E-state index contributed by atoms with van der Waals surface area (Å²) in [7, 11) is 1.68. The average molecular weight is 330 g/mol. The van der Waals surface area contributed by atoms with Crippen molar-refractivity contribution in [1.82, 2.24) is 0 Å². The highest BCUT2D eigenvalue weighted by atomic mass is 79.9. The molecule has 0 saturated heterocycles. The fraction of sp³-hybridized carbons (Fsp3) is 0.500. The summed E-state index contributed by atoms with van der Waals surface area (Å²) in [6.07, 6.45) is 2.88. The maximum Gasteiger partial charge on any atom is 0.303 e. The number of ether oxygens (including phenoxy) is 1. The fourth-order valence-corrected chi connectivity index (χ4v) is 2.30. The molecule has 0 aliphatic rings. The summed E-state index contributed by atoms with van der Waals surface area (Å²) in [5.41, 5.74) is 2.17. The normalized spacial score (nSPS) is 10.4. The molecular weight excluding hydrogens is 310 g/mol. The van der Waals surface area contributed by atoms with E-state index in [4.69, 9.17) is 9.84 Å². The third-order valence-corrected chi connectivity index (χ3v) is 3.53. The Morgan fingerprint density at radius 1 is 1.37 bits per heavy atom. The van der Waals surface area contributed by atoms with Crippen LogP contribution in [0.3, 0.4) is 0 Å². The van der Waals surface area contributed by atoms with Crippen molar-refractivity contribution in [3.8, 4) is 0 Å². The molecule has 1 aromatic carbocycles. The van der Waals surface area contributed by atoms with Gasteiger partial charge in [-0.15, -0.1) is 0 Å². The van der Waals surface area contributed by atoms with Gasteiger partial charge in [-0.1, -0.05) is 28.4 Å². The first-order valence-electron chi connectivity index (χ1n) is 6.37. The van der Waals surface area contributed by atoms with Gasteiger partial charge in [0.25, 0.3) is 0 Å². The van der Waals surface area contributed by atoms with Gasteiger partial charge in [-0.25, -0.2) is 0 Å². The number of halogens is 1. The molecule has 0 spiro atoms. The number of unbranched alkanes of at least 4 members (excludes halogenated alkanes) is 2. The number of anilines is 1. The molecule has 0 unspecified atom stereocenters. The highest BCUT2D eigenvalue weighted by Crippen LogP contribution is 2.25. The Balaban J connectivity index is 2.36. The van der Waals surface area contributed by atoms with Gasteiger partial charge in [0.2, 0.25) is 0 Å². The van der Waals surface area contributed by atoms with Gasteiger partial charge < -0.3 is 15.2 Å². The molecule has 0 aliphatic carbocycles. The Bertz CT molecular complexity index is 410. The van der Waals surface area contributed by atoms with Crippen LogP contribution in [0.4, 0.5) is 5.69 Å². The molecule has 4 nitrogen and oxygen atoms in total. The summed E-state index contributed by atoms with van der Waals surface area (Å²) < 4.78 is 6.22. The van der Waals surface area contributed by atoms with Gasteiger partial charge in [0.05, 0.1) is 6.61 Å². The Morgan fingerprint density at radius 3 is 2.84 bits per heavy atom. The minimum absolute atomic E-state index is 0.256. The third kappa shape index (κ3) is 6.07. The molecule has 5 heteroatoms. The lowest BCUT2D eigenvalue weighted by molar-refractivity contribution is -0.137. The quantitative estimate of drug-likeness (QED) is 0.679. The van der Waals surface area contributed by atoms with Crippen LogP contribution in [0.15, 0.2) is 22.7 Å². The van der Waals surface area contributed by atoms with E-state index in [0.29, 0.717) is 6.61 Å². The second kappa shape index (κ2) is 8.93. The average Bonchev–Trinajstić information content (AvgIpc) is 2.37. The maximum absolute atomic E-state index is 10.4. The van der Waals surface area contributed by atoms with Gasteiger partial charge in [0, 0.05) is 35.8 Å². The molecule has 1 rings (SSSR count). The van der Waals surface area contributed by atoms with Crippen molar-refractivity contribution in [2.24, 2.45) is 0 Å². The predicted octanol–water partition coefficient (Wildman–Crippen LogP) is 3.65. The first-order chi connectivity index (χ1) is 9.15. The highest BCUT2D eigenvalue weighted by molar-refractivity contribution is 9.10. The molecule has 0 aromatic heterocycles. The van der Waals surface area contributed by atoms with Crippen molar-refractivity contribution in [1.29, 1.82) is 0 Å². The highest BCUT2D eigenvalue weighted by Gasteiger charge is 2.05. The van der Waals surface area contributed by atoms with E-state index in [0.717, 1.165) is 41.5 Å². The van der Waals surface area contributed by atoms with E-state index in [1.807, 2.05) is 18.2 Å². The van der Waals surface area contributed by atoms with Gasteiger partial charge in [-0.05, 0) is 25.0 Å². The predicted molar refractivity (Wildman–Crippen MR) is 79.4 cm³/mol. The number of aliphatic carboxylic acids is 1. The minimum atomic E-state index is -0.720. The molecule has 0 aliphatic heterocycles. The Morgan fingerprint density at radius 2 is 2.16 bits per heavy atom. The van der Waals surface area contributed by atoms with E-state index in [1.54, 1.807) is 7.11 Å². The van der Waals surface area contributed by atoms with Crippen LogP contribution in [-0.2, 0) is 16.1 Å². The smallest absolute Gasteiger partial charge is 0.303 e. The molecule has 0 heterocycles. The van der Waals surface area contributed by atoms with Crippen LogP contribution < -0.4 is 5.32 Å². The molecule has 2 N–H and O–H groups in total. The minimum Gasteiger partial charge on any atom is -0.481 e. The number of benzene rings is 1. The van der Waals surface area contributed by atoms with Crippen LogP contribution in [0.2, 0.25) is 0 Å². The van der Waals surface area contributed by atoms with E-state index < -0.39 is 5.97 Å². The molecule has 19 heavy (non-hydrogen) atoms. The number of hydrogen-bond acceptors (Lipinski definition) is 3. The molecule has 0 atom stereocenters. The van der Waals surface area contributed by atoms with Crippen molar-refractivity contribution < 1.29 is 14.6 Å². The lowest BCUT2D eigenvalue weighted by Gasteiger charge is -2.13. The summed E-state index contributed by atoms with van der Waals surface area (Å²) in [6, 6.07) is 6.00. The van der Waals surface area contributed by atoms with Crippen molar-refractivity contribution in [2.75, 3.05) is 19.0 Å². The molecule has 1 aromatic rings. The second-order valence-corrected chi connectivity index (χ2v) is 5.18. The number of methoxy groups -OCH3 is 1. The van der Waals surface area contributed by atoms with Gasteiger partial charge in [0.15, 0.2) is 0 Å². The number of carbonyl (C=O) groups is 1. The van der Waals surface area contributed by atoms with Crippen molar-refractivity contribution in [3.05, 3.63) is 28.2 Å². The van der Waals surface area contributed by atoms with E-state index in [-0.39, 0.29) is 6.42 Å². The SMILES string of the molecule is COCc1c(Br)cccc1NCCCCCC(=O)O. The number of carboxylic acid groups (broad SMARTS) is 1. The number of carboxylic acids is 1. The van der Waals surface area contributed by atoms with Crippen molar-refractivity contribution in [3.63, 3.8) is 0 Å². The van der Waals surface area contributed by atoms with Crippen LogP contribution >= 0.6 is 15.9 Å². The number of hydrogen-bond donors (Lipinski definition) is 2. The van der Waals surface area contributed by atoms with Crippen LogP contribution in [0.25, 0.3) is 0 Å². The topological polar surface area (TPSA) is 58.6 Å². The zero-order valence-electron chi connectivity index (χ0n) is 11.1. The molecule has 0 fully saturated rings. The van der Waals surface area contributed by atoms with Crippen LogP contribution in [-0.4, -0.2) is 24.7 Å². The van der Waals surface area contributed by atoms with E-state index in [1.165, 1.54) is 0 Å². The van der Waals surface area contributed by atoms with E-state index >= 15 is 0 Å². The molecular formula is C14H20BrNO3. The lowest BCUT2D eigenvalue weighted by Crippen LogP contribution is -2.05. The number of nitrogens with one attached hydrogen (secondary N) is 1. The molecule has 0 bridgehead atoms. The zero-order chi connectivity index (χ0) is 14.1. The van der Waals surface area contributed by atoms with Gasteiger partial charge in [0.1, 0.15) is 0 Å². The molecule has 0 radical (unpaired) electrons. The zero-order valence-corrected chi connectivity index (χ0v) is 12.7. The van der Waals surface area contributed by atoms with Crippen LogP contribution in [0.1, 0.15) is 31.2 Å². The van der Waals surface area contributed by atoms with E-state index in [2.05, 4.69) is 21.2 Å². The van der Waals surface area contributed by atoms with Crippen molar-refractivity contribution in [2.45, 2.75) is 32.3 Å². The van der Waals surface area contributed by atoms with Gasteiger partial charge in [-0.3, -0.25) is 4.79 Å². The molecule has 0 amide bonds. The van der Waals surface area contributed by atoms with Gasteiger partial charge in [-0.2, -0.15) is 0 Å². The Kier molecular flexibility index (Phi) is 7.52. The summed E-state index contributed by atoms with van der Waals surface area (Å²) >= 11 is 3.51. The molecule has 106 valence electrons. The van der Waals surface area contributed by atoms with Gasteiger partial charge >= 0.3 is 5.97 Å². The summed E-state index contributed by atoms with van der Waals surface area (Å²) in [4.78, 5) is 10.4. The lowest BCUT2D eigenvalue weighted by atomic mass is 10.1. The summed E-state index contributed by atoms with van der Waals surface area (Å²) in [5, 5.41) is 11.9. The number of rotatable bonds is 9. The first kappa shape index (κ1) is 16.0. The third-order valence-electron chi connectivity index (χ3n) is 2.79. The Hall–Kier alpha value is -1.07. The van der Waals surface area contributed by atoms with E-state index in [9.17, 15) is 4.79 Å². The maximum atomic E-state index is 10.4. The standard InChI is InChI=1S/C14H20BrNO3/c1-19-10-11-12(15)6-5-7-13(11)16-9-4-2-3-8-14(17)18/h5-7,16H,2-4,8-10H2,1H3,(H,17,18). The summed E-state index contributed by atoms with van der Waals surface area (Å²) in [6.45, 7) is 1.40. The Labute approximate surface area is 122 Å². The molecule has 0 saturated carbocycles.